The van der Waals surface area contributed by atoms with E-state index in [1.54, 1.807) is 0 Å². The van der Waals surface area contributed by atoms with Crippen molar-refractivity contribution in [2.45, 2.75) is 0 Å². The van der Waals surface area contributed by atoms with Crippen LogP contribution in [0.15, 0.2) is 199 Å². The summed E-state index contributed by atoms with van der Waals surface area (Å²) in [5, 5.41) is 4.47. The fraction of sp³-hybridized carbons (Fsp3) is 0. The summed E-state index contributed by atoms with van der Waals surface area (Å²) in [6.07, 6.45) is 0. The zero-order chi connectivity index (χ0) is 35.1. The zero-order valence-corrected chi connectivity index (χ0v) is 28.8. The van der Waals surface area contributed by atoms with E-state index in [2.05, 4.69) is 158 Å². The van der Waals surface area contributed by atoms with Crippen LogP contribution in [0.25, 0.3) is 100.0 Å². The second-order valence-electron chi connectivity index (χ2n) is 13.3. The maximum absolute atomic E-state index is 6.65. The summed E-state index contributed by atoms with van der Waals surface area (Å²) >= 11 is 0. The summed E-state index contributed by atoms with van der Waals surface area (Å²) in [7, 11) is 0. The second-order valence-corrected chi connectivity index (χ2v) is 13.3. The van der Waals surface area contributed by atoms with E-state index >= 15 is 0 Å². The first-order chi connectivity index (χ1) is 26.3. The molecule has 0 atom stereocenters. The molecule has 8 aromatic carbocycles. The summed E-state index contributed by atoms with van der Waals surface area (Å²) in [4.78, 5) is 10.1. The first-order valence-corrected chi connectivity index (χ1v) is 17.9. The molecule has 3 heteroatoms. The summed E-state index contributed by atoms with van der Waals surface area (Å²) in [6, 6.07) is 68.0. The monoisotopic (exact) mass is 676 g/mol. The van der Waals surface area contributed by atoms with Gasteiger partial charge in [0.15, 0.2) is 5.82 Å². The van der Waals surface area contributed by atoms with Gasteiger partial charge in [-0.3, -0.25) is 0 Å². The molecular weight excluding hydrogens is 645 g/mol. The molecule has 248 valence electrons. The van der Waals surface area contributed by atoms with Crippen LogP contribution < -0.4 is 0 Å². The molecule has 2 aromatic heterocycles. The lowest BCUT2D eigenvalue weighted by molar-refractivity contribution is 0.673. The molecule has 0 saturated heterocycles. The third kappa shape index (κ3) is 5.56. The predicted octanol–water partition coefficient (Wildman–Crippen LogP) is 13.5. The van der Waals surface area contributed by atoms with E-state index < -0.39 is 0 Å². The maximum Gasteiger partial charge on any atom is 0.160 e. The van der Waals surface area contributed by atoms with Gasteiger partial charge in [0.05, 0.1) is 11.4 Å². The number of aromatic nitrogens is 2. The van der Waals surface area contributed by atoms with Crippen LogP contribution in [0.4, 0.5) is 0 Å². The van der Waals surface area contributed by atoms with Crippen LogP contribution in [0.2, 0.25) is 0 Å². The van der Waals surface area contributed by atoms with Crippen LogP contribution in [-0.4, -0.2) is 9.97 Å². The summed E-state index contributed by atoms with van der Waals surface area (Å²) < 4.78 is 6.65. The topological polar surface area (TPSA) is 38.9 Å². The van der Waals surface area contributed by atoms with Gasteiger partial charge in [0.1, 0.15) is 11.2 Å². The quantitative estimate of drug-likeness (QED) is 0.176. The predicted molar refractivity (Wildman–Crippen MR) is 219 cm³/mol. The third-order valence-electron chi connectivity index (χ3n) is 10.1. The summed E-state index contributed by atoms with van der Waals surface area (Å²) in [6.45, 7) is 0. The smallest absolute Gasteiger partial charge is 0.160 e. The summed E-state index contributed by atoms with van der Waals surface area (Å²) in [5.74, 6) is 0.704. The van der Waals surface area contributed by atoms with Gasteiger partial charge in [-0.25, -0.2) is 9.97 Å². The molecule has 0 aliphatic carbocycles. The number of hydrogen-bond acceptors (Lipinski definition) is 3. The molecule has 0 aliphatic heterocycles. The molecule has 0 aliphatic rings. The van der Waals surface area contributed by atoms with Gasteiger partial charge < -0.3 is 4.42 Å². The van der Waals surface area contributed by atoms with Crippen LogP contribution in [-0.2, 0) is 0 Å². The zero-order valence-electron chi connectivity index (χ0n) is 28.8. The van der Waals surface area contributed by atoms with Crippen molar-refractivity contribution in [3.8, 4) is 67.3 Å². The summed E-state index contributed by atoms with van der Waals surface area (Å²) in [5.41, 5.74) is 13.6. The van der Waals surface area contributed by atoms with Crippen LogP contribution in [0.3, 0.4) is 0 Å². The van der Waals surface area contributed by atoms with Crippen LogP contribution in [0, 0.1) is 0 Å². The lowest BCUT2D eigenvalue weighted by Gasteiger charge is -2.13. The number of nitrogens with zero attached hydrogens (tertiary/aromatic N) is 2. The van der Waals surface area contributed by atoms with Crippen molar-refractivity contribution in [1.82, 2.24) is 9.97 Å². The molecule has 0 N–H and O–H groups in total. The van der Waals surface area contributed by atoms with E-state index in [1.165, 1.54) is 27.6 Å². The largest absolute Gasteiger partial charge is 0.455 e. The molecule has 0 fully saturated rings. The van der Waals surface area contributed by atoms with Gasteiger partial charge in [-0.1, -0.05) is 164 Å². The average molecular weight is 677 g/mol. The fourth-order valence-corrected chi connectivity index (χ4v) is 7.51. The van der Waals surface area contributed by atoms with Crippen LogP contribution in [0.5, 0.6) is 0 Å². The van der Waals surface area contributed by atoms with Crippen molar-refractivity contribution in [3.05, 3.63) is 194 Å². The lowest BCUT2D eigenvalue weighted by atomic mass is 9.90. The van der Waals surface area contributed by atoms with E-state index in [0.717, 1.165) is 66.5 Å². The Labute approximate surface area is 307 Å². The SMILES string of the molecule is c1ccc(-c2cc(-c3cccc(-c4ccc5oc6c7ccccc7c(-c7ccccc7-c7ccccc7)cc6c5c4)c3)nc(-c3ccccc3)n2)cc1. The standard InChI is InChI=1S/C50H32N2O/c1-4-15-33(16-5-1)39-23-10-11-24-40(39)43-31-45-44-30-37(27-28-48(44)53-49(45)42-26-13-12-25-41(42)43)36-21-14-22-38(29-36)47-32-46(34-17-6-2-7-18-34)51-50(52-47)35-19-8-3-9-20-35/h1-32H. The number of fused-ring (bicyclic) bond motifs is 5. The highest BCUT2D eigenvalue weighted by molar-refractivity contribution is 6.20. The minimum absolute atomic E-state index is 0.704. The minimum atomic E-state index is 0.704. The second kappa shape index (κ2) is 12.9. The Kier molecular flexibility index (Phi) is 7.47. The molecule has 0 bridgehead atoms. The normalized spacial score (nSPS) is 11.4. The van der Waals surface area contributed by atoms with Gasteiger partial charge in [-0.05, 0) is 69.1 Å². The number of benzene rings is 8. The lowest BCUT2D eigenvalue weighted by Crippen LogP contribution is -1.96. The molecule has 0 unspecified atom stereocenters. The molecule has 0 radical (unpaired) electrons. The highest BCUT2D eigenvalue weighted by atomic mass is 16.3. The fourth-order valence-electron chi connectivity index (χ4n) is 7.51. The number of hydrogen-bond donors (Lipinski definition) is 0. The molecule has 10 rings (SSSR count). The Morgan fingerprint density at radius 2 is 0.868 bits per heavy atom. The molecule has 3 nitrogen and oxygen atoms in total. The molecule has 0 amide bonds. The Balaban J connectivity index is 1.12. The number of rotatable bonds is 6. The van der Waals surface area contributed by atoms with E-state index in [0.29, 0.717) is 5.82 Å². The molecule has 53 heavy (non-hydrogen) atoms. The Hall–Kier alpha value is -7.10. The molecular formula is C50H32N2O. The van der Waals surface area contributed by atoms with E-state index in [1.807, 2.05) is 36.4 Å². The first kappa shape index (κ1) is 30.7. The van der Waals surface area contributed by atoms with E-state index in [4.69, 9.17) is 14.4 Å². The molecule has 0 spiro atoms. The maximum atomic E-state index is 6.65. The highest BCUT2D eigenvalue weighted by Gasteiger charge is 2.18. The van der Waals surface area contributed by atoms with Gasteiger partial charge in [0.2, 0.25) is 0 Å². The third-order valence-corrected chi connectivity index (χ3v) is 10.1. The van der Waals surface area contributed by atoms with E-state index in [-0.39, 0.29) is 0 Å². The van der Waals surface area contributed by atoms with Gasteiger partial charge in [-0.2, -0.15) is 0 Å². The van der Waals surface area contributed by atoms with Crippen molar-refractivity contribution in [3.63, 3.8) is 0 Å². The van der Waals surface area contributed by atoms with Crippen molar-refractivity contribution >= 4 is 32.7 Å². The van der Waals surface area contributed by atoms with Gasteiger partial charge in [0, 0.05) is 32.8 Å². The molecule has 0 saturated carbocycles. The average Bonchev–Trinajstić information content (AvgIpc) is 3.62. The van der Waals surface area contributed by atoms with Gasteiger partial charge in [0.25, 0.3) is 0 Å². The van der Waals surface area contributed by atoms with Crippen molar-refractivity contribution in [2.24, 2.45) is 0 Å². The molecule has 2 heterocycles. The first-order valence-electron chi connectivity index (χ1n) is 17.9. The van der Waals surface area contributed by atoms with Crippen molar-refractivity contribution in [2.75, 3.05) is 0 Å². The minimum Gasteiger partial charge on any atom is -0.455 e. The Bertz CT molecular complexity index is 2870. The van der Waals surface area contributed by atoms with Crippen molar-refractivity contribution in [1.29, 1.82) is 0 Å². The van der Waals surface area contributed by atoms with Gasteiger partial charge in [-0.15, -0.1) is 0 Å². The van der Waals surface area contributed by atoms with Crippen molar-refractivity contribution < 1.29 is 4.42 Å². The van der Waals surface area contributed by atoms with E-state index in [9.17, 15) is 0 Å². The number of furan rings is 1. The Morgan fingerprint density at radius 3 is 1.62 bits per heavy atom. The van der Waals surface area contributed by atoms with Crippen LogP contribution in [0.1, 0.15) is 0 Å². The van der Waals surface area contributed by atoms with Crippen LogP contribution >= 0.6 is 0 Å². The Morgan fingerprint density at radius 1 is 0.302 bits per heavy atom. The van der Waals surface area contributed by atoms with Gasteiger partial charge >= 0.3 is 0 Å². The molecule has 10 aromatic rings. The highest BCUT2D eigenvalue weighted by Crippen LogP contribution is 2.43.